The van der Waals surface area contributed by atoms with Crippen LogP contribution in [0.25, 0.3) is 0 Å². The molecule has 2 saturated heterocycles. The molecule has 0 bridgehead atoms. The van der Waals surface area contributed by atoms with Gasteiger partial charge in [-0.2, -0.15) is 5.10 Å². The maximum atomic E-state index is 11.6. The Morgan fingerprint density at radius 1 is 1.20 bits per heavy atom. The number of urea groups is 1. The fourth-order valence-electron chi connectivity index (χ4n) is 3.61. The van der Waals surface area contributed by atoms with Gasteiger partial charge in [0.05, 0.1) is 17.9 Å². The number of hydrogen-bond acceptors (Lipinski definition) is 3. The van der Waals surface area contributed by atoms with Crippen LogP contribution in [0.5, 0.6) is 0 Å². The van der Waals surface area contributed by atoms with Gasteiger partial charge in [-0.1, -0.05) is 12.8 Å². The molecule has 6 nitrogen and oxygen atoms in total. The Morgan fingerprint density at radius 3 is 2.70 bits per heavy atom. The summed E-state index contributed by atoms with van der Waals surface area (Å²) >= 11 is 0. The van der Waals surface area contributed by atoms with Crippen molar-refractivity contribution in [1.29, 1.82) is 0 Å². The molecular formula is C14H21N5O. The van der Waals surface area contributed by atoms with Crippen LogP contribution in [0.3, 0.4) is 0 Å². The number of amides is 2. The average Bonchev–Trinajstić information content (AvgIpc) is 3.07. The maximum Gasteiger partial charge on any atom is 0.322 e. The number of anilines is 1. The van der Waals surface area contributed by atoms with Crippen LogP contribution in [0.4, 0.5) is 10.5 Å². The van der Waals surface area contributed by atoms with Crippen LogP contribution in [0.1, 0.15) is 31.7 Å². The molecule has 1 aliphatic carbocycles. The van der Waals surface area contributed by atoms with Gasteiger partial charge in [0.25, 0.3) is 0 Å². The predicted octanol–water partition coefficient (Wildman–Crippen LogP) is 1.21. The molecule has 0 atom stereocenters. The molecule has 4 rings (SSSR count). The minimum atomic E-state index is -0.00857. The summed E-state index contributed by atoms with van der Waals surface area (Å²) in [4.78, 5) is 16.0. The summed E-state index contributed by atoms with van der Waals surface area (Å²) in [5.74, 6) is 0. The van der Waals surface area contributed by atoms with E-state index in [1.54, 1.807) is 4.90 Å². The molecule has 0 unspecified atom stereocenters. The number of nitrogens with zero attached hydrogens (tertiary/aromatic N) is 4. The van der Waals surface area contributed by atoms with Gasteiger partial charge in [-0.25, -0.2) is 4.79 Å². The molecule has 2 amide bonds. The Hall–Kier alpha value is -1.56. The molecule has 6 heteroatoms. The van der Waals surface area contributed by atoms with E-state index in [4.69, 9.17) is 0 Å². The van der Waals surface area contributed by atoms with E-state index in [-0.39, 0.29) is 6.03 Å². The van der Waals surface area contributed by atoms with Crippen molar-refractivity contribution in [1.82, 2.24) is 20.0 Å². The first kappa shape index (κ1) is 12.2. The molecular weight excluding hydrogens is 254 g/mol. The van der Waals surface area contributed by atoms with E-state index in [1.807, 2.05) is 17.1 Å². The van der Waals surface area contributed by atoms with Crippen molar-refractivity contribution in [2.45, 2.75) is 37.8 Å². The molecule has 20 heavy (non-hydrogen) atoms. The van der Waals surface area contributed by atoms with E-state index in [9.17, 15) is 4.79 Å². The maximum absolute atomic E-state index is 11.6. The SMILES string of the molecule is O=C1NCCN1c1cnn(C2CN(C3CCCC3)C2)c1. The molecule has 0 aromatic carbocycles. The second-order valence-electron chi connectivity index (χ2n) is 6.11. The zero-order chi connectivity index (χ0) is 13.5. The van der Waals surface area contributed by atoms with E-state index in [0.717, 1.165) is 37.9 Å². The summed E-state index contributed by atoms with van der Waals surface area (Å²) in [6.45, 7) is 3.68. The average molecular weight is 275 g/mol. The number of hydrogen-bond donors (Lipinski definition) is 1. The lowest BCUT2D eigenvalue weighted by atomic mass is 10.0. The van der Waals surface area contributed by atoms with E-state index in [0.29, 0.717) is 6.04 Å². The lowest BCUT2D eigenvalue weighted by molar-refractivity contribution is 0.0553. The van der Waals surface area contributed by atoms with Gasteiger partial charge in [0.2, 0.25) is 0 Å². The van der Waals surface area contributed by atoms with Gasteiger partial charge in [-0.05, 0) is 12.8 Å². The third kappa shape index (κ3) is 1.98. The van der Waals surface area contributed by atoms with Crippen molar-refractivity contribution >= 4 is 11.7 Å². The minimum Gasteiger partial charge on any atom is -0.336 e. The first-order valence-electron chi connectivity index (χ1n) is 7.65. The molecule has 1 aromatic heterocycles. The minimum absolute atomic E-state index is 0.00857. The molecule has 0 spiro atoms. The Morgan fingerprint density at radius 2 is 2.00 bits per heavy atom. The molecule has 1 N–H and O–H groups in total. The van der Waals surface area contributed by atoms with Crippen molar-refractivity contribution in [3.63, 3.8) is 0 Å². The molecule has 2 aliphatic heterocycles. The summed E-state index contributed by atoms with van der Waals surface area (Å²) in [5, 5.41) is 7.27. The van der Waals surface area contributed by atoms with Crippen molar-refractivity contribution < 1.29 is 4.79 Å². The highest BCUT2D eigenvalue weighted by molar-refractivity contribution is 5.93. The van der Waals surface area contributed by atoms with Crippen molar-refractivity contribution in [2.24, 2.45) is 0 Å². The third-order valence-electron chi connectivity index (χ3n) is 4.86. The molecule has 1 aromatic rings. The number of carbonyl (C=O) groups is 1. The van der Waals surface area contributed by atoms with Crippen LogP contribution in [0.15, 0.2) is 12.4 Å². The van der Waals surface area contributed by atoms with Gasteiger partial charge >= 0.3 is 6.03 Å². The molecule has 0 radical (unpaired) electrons. The summed E-state index contributed by atoms with van der Waals surface area (Å²) in [7, 11) is 0. The fraction of sp³-hybridized carbons (Fsp3) is 0.714. The Bertz CT molecular complexity index is 501. The summed E-state index contributed by atoms with van der Waals surface area (Å²) in [5.41, 5.74) is 0.916. The Balaban J connectivity index is 1.38. The second kappa shape index (κ2) is 4.77. The topological polar surface area (TPSA) is 53.4 Å². The quantitative estimate of drug-likeness (QED) is 0.902. The number of nitrogens with one attached hydrogen (secondary N) is 1. The Kier molecular flexibility index (Phi) is 2.91. The fourth-order valence-corrected chi connectivity index (χ4v) is 3.61. The van der Waals surface area contributed by atoms with Crippen LogP contribution in [0, 0.1) is 0 Å². The van der Waals surface area contributed by atoms with Gasteiger partial charge in [0.15, 0.2) is 0 Å². The lowest BCUT2D eigenvalue weighted by Gasteiger charge is -2.43. The Labute approximate surface area is 118 Å². The van der Waals surface area contributed by atoms with Crippen molar-refractivity contribution in [2.75, 3.05) is 31.1 Å². The third-order valence-corrected chi connectivity index (χ3v) is 4.86. The first-order chi connectivity index (χ1) is 9.81. The van der Waals surface area contributed by atoms with E-state index in [1.165, 1.54) is 25.7 Å². The van der Waals surface area contributed by atoms with Crippen molar-refractivity contribution in [3.05, 3.63) is 12.4 Å². The second-order valence-corrected chi connectivity index (χ2v) is 6.11. The highest BCUT2D eigenvalue weighted by atomic mass is 16.2. The molecule has 3 heterocycles. The van der Waals surface area contributed by atoms with Crippen LogP contribution >= 0.6 is 0 Å². The predicted molar refractivity (Wildman–Crippen MR) is 75.8 cm³/mol. The molecule has 108 valence electrons. The number of rotatable bonds is 3. The smallest absolute Gasteiger partial charge is 0.322 e. The van der Waals surface area contributed by atoms with E-state index >= 15 is 0 Å². The zero-order valence-electron chi connectivity index (χ0n) is 11.7. The summed E-state index contributed by atoms with van der Waals surface area (Å²) in [6.07, 6.45) is 9.34. The van der Waals surface area contributed by atoms with Crippen LogP contribution in [0.2, 0.25) is 0 Å². The van der Waals surface area contributed by atoms with Gasteiger partial charge < -0.3 is 5.32 Å². The monoisotopic (exact) mass is 275 g/mol. The van der Waals surface area contributed by atoms with Crippen LogP contribution in [-0.4, -0.2) is 52.9 Å². The van der Waals surface area contributed by atoms with E-state index < -0.39 is 0 Å². The number of carbonyl (C=O) groups excluding carboxylic acids is 1. The molecule has 3 aliphatic rings. The largest absolute Gasteiger partial charge is 0.336 e. The van der Waals surface area contributed by atoms with E-state index in [2.05, 4.69) is 15.3 Å². The molecule has 3 fully saturated rings. The number of likely N-dealkylation sites (tertiary alicyclic amines) is 1. The van der Waals surface area contributed by atoms with Crippen LogP contribution < -0.4 is 10.2 Å². The number of aromatic nitrogens is 2. The summed E-state index contributed by atoms with van der Waals surface area (Å²) < 4.78 is 2.03. The lowest BCUT2D eigenvalue weighted by Crippen LogP contribution is -2.52. The van der Waals surface area contributed by atoms with Gasteiger partial charge in [-0.3, -0.25) is 14.5 Å². The van der Waals surface area contributed by atoms with Gasteiger partial charge in [-0.15, -0.1) is 0 Å². The standard InChI is InChI=1S/C14H21N5O/c20-14-15-5-6-18(14)12-7-16-19(10-12)13-8-17(9-13)11-3-1-2-4-11/h7,10-11,13H,1-6,8-9H2,(H,15,20). The van der Waals surface area contributed by atoms with Gasteiger partial charge in [0.1, 0.15) is 0 Å². The normalized spacial score (nSPS) is 25.2. The molecule has 1 saturated carbocycles. The van der Waals surface area contributed by atoms with Gasteiger partial charge in [0, 0.05) is 38.4 Å². The highest BCUT2D eigenvalue weighted by Gasteiger charge is 2.35. The summed E-state index contributed by atoms with van der Waals surface area (Å²) in [6, 6.07) is 1.28. The zero-order valence-corrected chi connectivity index (χ0v) is 11.7. The van der Waals surface area contributed by atoms with Crippen molar-refractivity contribution in [3.8, 4) is 0 Å². The highest BCUT2D eigenvalue weighted by Crippen LogP contribution is 2.31. The first-order valence-corrected chi connectivity index (χ1v) is 7.65. The van der Waals surface area contributed by atoms with Crippen LogP contribution in [-0.2, 0) is 0 Å².